The maximum absolute atomic E-state index is 12.1. The number of carbonyl (C=O) groups is 2. The number of hydrogen-bond donors (Lipinski definition) is 1. The average Bonchev–Trinajstić information content (AvgIpc) is 2.80. The van der Waals surface area contributed by atoms with Crippen LogP contribution in [0.25, 0.3) is 0 Å². The van der Waals surface area contributed by atoms with Gasteiger partial charge in [-0.15, -0.1) is 0 Å². The van der Waals surface area contributed by atoms with E-state index in [0.29, 0.717) is 13.1 Å². The van der Waals surface area contributed by atoms with E-state index in [1.807, 2.05) is 12.1 Å². The topological polar surface area (TPSA) is 66.8 Å². The lowest BCUT2D eigenvalue weighted by molar-refractivity contribution is -0.145. The number of methoxy groups -OCH3 is 1. The number of rotatable bonds is 4. The largest absolute Gasteiger partial charge is 0.496 e. The van der Waals surface area contributed by atoms with Gasteiger partial charge in [-0.2, -0.15) is 0 Å². The SMILES string of the molecule is COc1cc2c(cc1Br)CN(C(=O)CC(C)C(=O)O)C2. The van der Waals surface area contributed by atoms with Gasteiger partial charge in [0.2, 0.25) is 5.91 Å². The summed E-state index contributed by atoms with van der Waals surface area (Å²) >= 11 is 3.42. The van der Waals surface area contributed by atoms with E-state index in [1.54, 1.807) is 18.9 Å². The predicted octanol–water partition coefficient (Wildman–Crippen LogP) is 2.41. The summed E-state index contributed by atoms with van der Waals surface area (Å²) in [6.45, 7) is 2.57. The van der Waals surface area contributed by atoms with Crippen LogP contribution in [0.5, 0.6) is 5.75 Å². The number of ether oxygens (including phenoxy) is 1. The number of carbonyl (C=O) groups excluding carboxylic acids is 1. The molecule has 0 saturated heterocycles. The maximum Gasteiger partial charge on any atom is 0.306 e. The second-order valence-electron chi connectivity index (χ2n) is 4.95. The third-order valence-electron chi connectivity index (χ3n) is 3.45. The Hall–Kier alpha value is -1.56. The van der Waals surface area contributed by atoms with E-state index in [2.05, 4.69) is 15.9 Å². The molecule has 1 heterocycles. The van der Waals surface area contributed by atoms with Crippen LogP contribution in [0.3, 0.4) is 0 Å². The Morgan fingerprint density at radius 1 is 1.40 bits per heavy atom. The number of halogens is 1. The standard InChI is InChI=1S/C14H16BrNO4/c1-8(14(18)19)3-13(17)16-6-9-4-11(15)12(20-2)5-10(9)7-16/h4-5,8H,3,6-7H2,1-2H3,(H,18,19). The van der Waals surface area contributed by atoms with E-state index in [9.17, 15) is 9.59 Å². The first kappa shape index (κ1) is 14.8. The van der Waals surface area contributed by atoms with Crippen LogP contribution in [-0.2, 0) is 22.7 Å². The number of benzene rings is 1. The summed E-state index contributed by atoms with van der Waals surface area (Å²) in [7, 11) is 1.60. The molecule has 0 aliphatic carbocycles. The van der Waals surface area contributed by atoms with Gasteiger partial charge in [0.1, 0.15) is 5.75 Å². The molecule has 6 heteroatoms. The quantitative estimate of drug-likeness (QED) is 0.913. The molecule has 1 aromatic rings. The number of aliphatic carboxylic acids is 1. The van der Waals surface area contributed by atoms with Crippen LogP contribution < -0.4 is 4.74 Å². The van der Waals surface area contributed by atoms with Crippen molar-refractivity contribution in [2.45, 2.75) is 26.4 Å². The first-order valence-corrected chi connectivity index (χ1v) is 7.07. The molecule has 1 amide bonds. The molecule has 0 fully saturated rings. The molecule has 0 saturated carbocycles. The second-order valence-corrected chi connectivity index (χ2v) is 5.80. The highest BCUT2D eigenvalue weighted by Gasteiger charge is 2.27. The minimum atomic E-state index is -0.945. The molecule has 1 atom stereocenters. The van der Waals surface area contributed by atoms with Crippen LogP contribution in [0.4, 0.5) is 0 Å². The van der Waals surface area contributed by atoms with Gasteiger partial charge in [-0.3, -0.25) is 9.59 Å². The number of carboxylic acids is 1. The summed E-state index contributed by atoms with van der Waals surface area (Å²) in [5.41, 5.74) is 2.11. The van der Waals surface area contributed by atoms with Crippen molar-refractivity contribution in [1.82, 2.24) is 4.90 Å². The Kier molecular flexibility index (Phi) is 4.32. The molecule has 2 rings (SSSR count). The fourth-order valence-corrected chi connectivity index (χ4v) is 2.76. The van der Waals surface area contributed by atoms with Gasteiger partial charge in [-0.05, 0) is 39.2 Å². The number of fused-ring (bicyclic) bond motifs is 1. The minimum absolute atomic E-state index is 0.0294. The zero-order valence-electron chi connectivity index (χ0n) is 11.4. The molecular weight excluding hydrogens is 326 g/mol. The van der Waals surface area contributed by atoms with Gasteiger partial charge in [0.05, 0.1) is 17.5 Å². The van der Waals surface area contributed by atoms with Gasteiger partial charge in [0.25, 0.3) is 0 Å². The smallest absolute Gasteiger partial charge is 0.306 e. The average molecular weight is 342 g/mol. The summed E-state index contributed by atoms with van der Waals surface area (Å²) < 4.78 is 6.09. The van der Waals surface area contributed by atoms with Crippen molar-refractivity contribution >= 4 is 27.8 Å². The zero-order valence-corrected chi connectivity index (χ0v) is 12.9. The van der Waals surface area contributed by atoms with Crippen LogP contribution in [0.15, 0.2) is 16.6 Å². The maximum atomic E-state index is 12.1. The van der Waals surface area contributed by atoms with Gasteiger partial charge in [0.15, 0.2) is 0 Å². The third-order valence-corrected chi connectivity index (χ3v) is 4.07. The van der Waals surface area contributed by atoms with Crippen molar-refractivity contribution in [1.29, 1.82) is 0 Å². The molecule has 0 spiro atoms. The fraction of sp³-hybridized carbons (Fsp3) is 0.429. The molecule has 1 unspecified atom stereocenters. The molecule has 1 aliphatic rings. The Bertz CT molecular complexity index is 558. The van der Waals surface area contributed by atoms with E-state index in [-0.39, 0.29) is 12.3 Å². The van der Waals surface area contributed by atoms with Crippen molar-refractivity contribution in [3.8, 4) is 5.75 Å². The molecule has 5 nitrogen and oxygen atoms in total. The molecule has 1 aromatic carbocycles. The molecular formula is C14H16BrNO4. The summed E-state index contributed by atoms with van der Waals surface area (Å²) in [5, 5.41) is 8.86. The Morgan fingerprint density at radius 3 is 2.55 bits per heavy atom. The summed E-state index contributed by atoms with van der Waals surface area (Å²) in [4.78, 5) is 24.6. The normalized spacial score (nSPS) is 14.8. The van der Waals surface area contributed by atoms with E-state index in [0.717, 1.165) is 21.3 Å². The lowest BCUT2D eigenvalue weighted by Crippen LogP contribution is -2.28. The van der Waals surface area contributed by atoms with E-state index in [4.69, 9.17) is 9.84 Å². The first-order valence-electron chi connectivity index (χ1n) is 6.28. The summed E-state index contributed by atoms with van der Waals surface area (Å²) in [5.74, 6) is -1.00. The van der Waals surface area contributed by atoms with Crippen LogP contribution in [0.2, 0.25) is 0 Å². The highest BCUT2D eigenvalue weighted by molar-refractivity contribution is 9.10. The molecule has 0 bridgehead atoms. The van der Waals surface area contributed by atoms with Crippen LogP contribution in [0.1, 0.15) is 24.5 Å². The molecule has 1 N–H and O–H groups in total. The summed E-state index contributed by atoms with van der Waals surface area (Å²) in [6.07, 6.45) is 0.0294. The number of carboxylic acid groups (broad SMARTS) is 1. The second kappa shape index (κ2) is 5.83. The van der Waals surface area contributed by atoms with Crippen molar-refractivity contribution in [3.05, 3.63) is 27.7 Å². The van der Waals surface area contributed by atoms with E-state index in [1.165, 1.54) is 0 Å². The van der Waals surface area contributed by atoms with Gasteiger partial charge in [0, 0.05) is 19.5 Å². The van der Waals surface area contributed by atoms with Crippen molar-refractivity contribution in [2.24, 2.45) is 5.92 Å². The Morgan fingerprint density at radius 2 is 2.00 bits per heavy atom. The highest BCUT2D eigenvalue weighted by atomic mass is 79.9. The van der Waals surface area contributed by atoms with Crippen molar-refractivity contribution in [2.75, 3.05) is 7.11 Å². The molecule has 108 valence electrons. The number of hydrogen-bond acceptors (Lipinski definition) is 3. The van der Waals surface area contributed by atoms with Crippen molar-refractivity contribution < 1.29 is 19.4 Å². The fourth-order valence-electron chi connectivity index (χ4n) is 2.21. The Labute approximate surface area is 125 Å². The van der Waals surface area contributed by atoms with Crippen molar-refractivity contribution in [3.63, 3.8) is 0 Å². The van der Waals surface area contributed by atoms with Gasteiger partial charge in [-0.25, -0.2) is 0 Å². The van der Waals surface area contributed by atoms with Gasteiger partial charge in [-0.1, -0.05) is 6.92 Å². The number of amides is 1. The first-order chi connectivity index (χ1) is 9.42. The Balaban J connectivity index is 2.09. The molecule has 1 aliphatic heterocycles. The highest BCUT2D eigenvalue weighted by Crippen LogP contribution is 2.33. The third kappa shape index (κ3) is 2.95. The number of nitrogens with zero attached hydrogens (tertiary/aromatic N) is 1. The molecule has 20 heavy (non-hydrogen) atoms. The van der Waals surface area contributed by atoms with Crippen LogP contribution in [-0.4, -0.2) is 29.0 Å². The van der Waals surface area contributed by atoms with Crippen LogP contribution >= 0.6 is 15.9 Å². The van der Waals surface area contributed by atoms with Crippen LogP contribution in [0, 0.1) is 5.92 Å². The lowest BCUT2D eigenvalue weighted by atomic mass is 10.1. The molecule has 0 aromatic heterocycles. The van der Waals surface area contributed by atoms with Gasteiger partial charge < -0.3 is 14.7 Å². The molecule has 0 radical (unpaired) electrons. The monoisotopic (exact) mass is 341 g/mol. The minimum Gasteiger partial charge on any atom is -0.496 e. The lowest BCUT2D eigenvalue weighted by Gasteiger charge is -2.16. The zero-order chi connectivity index (χ0) is 14.9. The predicted molar refractivity (Wildman–Crippen MR) is 76.4 cm³/mol. The summed E-state index contributed by atoms with van der Waals surface area (Å²) in [6, 6.07) is 3.86. The van der Waals surface area contributed by atoms with E-state index >= 15 is 0 Å². The van der Waals surface area contributed by atoms with Gasteiger partial charge >= 0.3 is 5.97 Å². The van der Waals surface area contributed by atoms with E-state index < -0.39 is 11.9 Å².